The molecule has 0 spiro atoms. The lowest BCUT2D eigenvalue weighted by atomic mass is 10.0. The van der Waals surface area contributed by atoms with Gasteiger partial charge < -0.3 is 4.74 Å². The Morgan fingerprint density at radius 2 is 2.08 bits per heavy atom. The molecule has 0 aromatic rings. The standard InChI is InChI=1S/C8H14O4/c1-5-4-8(10-7(3)9)12-11-6(5)2/h5-6,8H,4H2,1-3H3. The zero-order valence-corrected chi connectivity index (χ0v) is 7.57. The summed E-state index contributed by atoms with van der Waals surface area (Å²) in [5.41, 5.74) is 0. The summed E-state index contributed by atoms with van der Waals surface area (Å²) in [7, 11) is 0. The number of hydrogen-bond acceptors (Lipinski definition) is 4. The van der Waals surface area contributed by atoms with E-state index in [0.717, 1.165) is 0 Å². The lowest BCUT2D eigenvalue weighted by Gasteiger charge is -2.29. The quantitative estimate of drug-likeness (QED) is 0.443. The largest absolute Gasteiger partial charge is 0.433 e. The van der Waals surface area contributed by atoms with Crippen molar-refractivity contribution >= 4 is 5.97 Å². The second kappa shape index (κ2) is 3.87. The van der Waals surface area contributed by atoms with E-state index < -0.39 is 6.29 Å². The van der Waals surface area contributed by atoms with Crippen molar-refractivity contribution in [1.29, 1.82) is 0 Å². The van der Waals surface area contributed by atoms with Crippen LogP contribution in [0.3, 0.4) is 0 Å². The molecule has 4 nitrogen and oxygen atoms in total. The van der Waals surface area contributed by atoms with Crippen molar-refractivity contribution in [2.24, 2.45) is 5.92 Å². The number of rotatable bonds is 1. The first-order valence-electron chi connectivity index (χ1n) is 4.09. The minimum Gasteiger partial charge on any atom is -0.433 e. The van der Waals surface area contributed by atoms with Crippen LogP contribution in [0.1, 0.15) is 27.2 Å². The topological polar surface area (TPSA) is 44.8 Å². The molecule has 70 valence electrons. The van der Waals surface area contributed by atoms with Crippen LogP contribution in [0.5, 0.6) is 0 Å². The van der Waals surface area contributed by atoms with E-state index in [4.69, 9.17) is 14.5 Å². The minimum absolute atomic E-state index is 0.0665. The molecule has 0 bridgehead atoms. The maximum Gasteiger partial charge on any atom is 0.305 e. The molecule has 0 saturated carbocycles. The Morgan fingerprint density at radius 1 is 1.42 bits per heavy atom. The third kappa shape index (κ3) is 2.46. The van der Waals surface area contributed by atoms with E-state index in [2.05, 4.69) is 0 Å². The number of hydrogen-bond donors (Lipinski definition) is 0. The smallest absolute Gasteiger partial charge is 0.305 e. The average Bonchev–Trinajstić information content (AvgIpc) is 1.96. The van der Waals surface area contributed by atoms with Gasteiger partial charge in [-0.25, -0.2) is 4.89 Å². The summed E-state index contributed by atoms with van der Waals surface area (Å²) in [4.78, 5) is 20.3. The van der Waals surface area contributed by atoms with Gasteiger partial charge in [0.15, 0.2) is 0 Å². The summed E-state index contributed by atoms with van der Waals surface area (Å²) in [5, 5.41) is 0. The van der Waals surface area contributed by atoms with E-state index in [1.807, 2.05) is 13.8 Å². The first kappa shape index (κ1) is 9.48. The van der Waals surface area contributed by atoms with Gasteiger partial charge in [0.2, 0.25) is 6.29 Å². The predicted octanol–water partition coefficient (Wildman–Crippen LogP) is 1.25. The van der Waals surface area contributed by atoms with Gasteiger partial charge in [0.25, 0.3) is 0 Å². The molecule has 0 N–H and O–H groups in total. The van der Waals surface area contributed by atoms with Gasteiger partial charge in [-0.3, -0.25) is 4.79 Å². The Labute approximate surface area is 71.7 Å². The van der Waals surface area contributed by atoms with Crippen molar-refractivity contribution in [3.63, 3.8) is 0 Å². The molecule has 3 atom stereocenters. The molecule has 1 rings (SSSR count). The number of carbonyl (C=O) groups excluding carboxylic acids is 1. The summed E-state index contributed by atoms with van der Waals surface area (Å²) in [6, 6.07) is 0. The molecule has 1 aliphatic heterocycles. The molecule has 1 aliphatic rings. The second-order valence-electron chi connectivity index (χ2n) is 3.15. The van der Waals surface area contributed by atoms with Crippen LogP contribution in [0, 0.1) is 5.92 Å². The van der Waals surface area contributed by atoms with E-state index in [-0.39, 0.29) is 12.1 Å². The summed E-state index contributed by atoms with van der Waals surface area (Å²) in [6.45, 7) is 5.31. The highest BCUT2D eigenvalue weighted by molar-refractivity contribution is 5.66. The normalized spacial score (nSPS) is 36.1. The predicted molar refractivity (Wildman–Crippen MR) is 41.0 cm³/mol. The first-order chi connectivity index (χ1) is 5.59. The van der Waals surface area contributed by atoms with Crippen LogP contribution in [0.25, 0.3) is 0 Å². The van der Waals surface area contributed by atoms with E-state index in [9.17, 15) is 4.79 Å². The van der Waals surface area contributed by atoms with Crippen molar-refractivity contribution in [1.82, 2.24) is 0 Å². The van der Waals surface area contributed by atoms with Gasteiger partial charge in [0.05, 0.1) is 6.10 Å². The van der Waals surface area contributed by atoms with Crippen LogP contribution in [-0.2, 0) is 19.3 Å². The van der Waals surface area contributed by atoms with Crippen LogP contribution >= 0.6 is 0 Å². The maximum absolute atomic E-state index is 10.5. The zero-order valence-electron chi connectivity index (χ0n) is 7.57. The van der Waals surface area contributed by atoms with Gasteiger partial charge in [-0.1, -0.05) is 6.92 Å². The summed E-state index contributed by atoms with van der Waals surface area (Å²) < 4.78 is 4.82. The zero-order chi connectivity index (χ0) is 9.14. The molecule has 0 amide bonds. The van der Waals surface area contributed by atoms with E-state index in [1.165, 1.54) is 6.92 Å². The SMILES string of the molecule is CC(=O)OC1CC(C)C(C)OO1. The summed E-state index contributed by atoms with van der Waals surface area (Å²) in [6.07, 6.45) is 0.228. The first-order valence-corrected chi connectivity index (χ1v) is 4.09. The number of ether oxygens (including phenoxy) is 1. The number of esters is 1. The molecule has 0 aromatic carbocycles. The highest BCUT2D eigenvalue weighted by atomic mass is 17.2. The van der Waals surface area contributed by atoms with Crippen LogP contribution in [0.2, 0.25) is 0 Å². The molecule has 1 fully saturated rings. The molecule has 4 heteroatoms. The Balaban J connectivity index is 2.35. The third-order valence-electron chi connectivity index (χ3n) is 1.98. The van der Waals surface area contributed by atoms with Gasteiger partial charge in [-0.15, -0.1) is 0 Å². The molecular formula is C8H14O4. The monoisotopic (exact) mass is 174 g/mol. The van der Waals surface area contributed by atoms with Gasteiger partial charge in [0, 0.05) is 13.3 Å². The van der Waals surface area contributed by atoms with Crippen molar-refractivity contribution < 1.29 is 19.3 Å². The molecule has 12 heavy (non-hydrogen) atoms. The minimum atomic E-state index is -0.534. The van der Waals surface area contributed by atoms with Crippen LogP contribution in [0.4, 0.5) is 0 Å². The van der Waals surface area contributed by atoms with Crippen LogP contribution < -0.4 is 0 Å². The van der Waals surface area contributed by atoms with Crippen molar-refractivity contribution in [2.75, 3.05) is 0 Å². The van der Waals surface area contributed by atoms with Gasteiger partial charge in [-0.2, -0.15) is 4.89 Å². The Kier molecular flexibility index (Phi) is 3.05. The lowest BCUT2D eigenvalue weighted by Crippen LogP contribution is -2.34. The van der Waals surface area contributed by atoms with E-state index in [1.54, 1.807) is 0 Å². The molecular weight excluding hydrogens is 160 g/mol. The van der Waals surface area contributed by atoms with Crippen molar-refractivity contribution in [2.45, 2.75) is 39.6 Å². The van der Waals surface area contributed by atoms with Gasteiger partial charge >= 0.3 is 5.97 Å². The van der Waals surface area contributed by atoms with E-state index >= 15 is 0 Å². The van der Waals surface area contributed by atoms with Crippen molar-refractivity contribution in [3.05, 3.63) is 0 Å². The molecule has 1 heterocycles. The highest BCUT2D eigenvalue weighted by Crippen LogP contribution is 2.22. The van der Waals surface area contributed by atoms with Gasteiger partial charge in [-0.05, 0) is 12.8 Å². The molecule has 0 radical (unpaired) electrons. The fraction of sp³-hybridized carbons (Fsp3) is 0.875. The fourth-order valence-electron chi connectivity index (χ4n) is 1.03. The van der Waals surface area contributed by atoms with Crippen LogP contribution in [0.15, 0.2) is 0 Å². The van der Waals surface area contributed by atoms with Crippen molar-refractivity contribution in [3.8, 4) is 0 Å². The Hall–Kier alpha value is -0.610. The maximum atomic E-state index is 10.5. The highest BCUT2D eigenvalue weighted by Gasteiger charge is 2.28. The molecule has 0 aliphatic carbocycles. The second-order valence-corrected chi connectivity index (χ2v) is 3.15. The number of carbonyl (C=O) groups is 1. The summed E-state index contributed by atoms with van der Waals surface area (Å²) in [5.74, 6) is 0.00783. The van der Waals surface area contributed by atoms with Gasteiger partial charge in [0.1, 0.15) is 0 Å². The Morgan fingerprint density at radius 3 is 2.58 bits per heavy atom. The third-order valence-corrected chi connectivity index (χ3v) is 1.98. The molecule has 0 aromatic heterocycles. The molecule has 1 saturated heterocycles. The fourth-order valence-corrected chi connectivity index (χ4v) is 1.03. The van der Waals surface area contributed by atoms with E-state index in [0.29, 0.717) is 12.3 Å². The van der Waals surface area contributed by atoms with Crippen LogP contribution in [-0.4, -0.2) is 18.4 Å². The molecule has 3 unspecified atom stereocenters. The average molecular weight is 174 g/mol. The summed E-state index contributed by atoms with van der Waals surface area (Å²) >= 11 is 0. The Bertz CT molecular complexity index is 168. The lowest BCUT2D eigenvalue weighted by molar-refractivity contribution is -0.420.